The van der Waals surface area contributed by atoms with Crippen molar-refractivity contribution in [1.82, 2.24) is 0 Å². The summed E-state index contributed by atoms with van der Waals surface area (Å²) in [6.45, 7) is 0. The highest BCUT2D eigenvalue weighted by Crippen LogP contribution is 2.32. The van der Waals surface area contributed by atoms with E-state index in [4.69, 9.17) is 27.9 Å². The van der Waals surface area contributed by atoms with Crippen molar-refractivity contribution in [3.05, 3.63) is 58.1 Å². The summed E-state index contributed by atoms with van der Waals surface area (Å²) in [5.74, 6) is 0.0431. The Labute approximate surface area is 138 Å². The van der Waals surface area contributed by atoms with Gasteiger partial charge in [0.1, 0.15) is 0 Å². The zero-order valence-corrected chi connectivity index (χ0v) is 13.4. The van der Waals surface area contributed by atoms with Crippen LogP contribution in [0.1, 0.15) is 18.1 Å². The molecule has 2 aromatic rings. The topological polar surface area (TPSA) is 58.6 Å². The van der Waals surface area contributed by atoms with Gasteiger partial charge in [0.2, 0.25) is 5.91 Å². The van der Waals surface area contributed by atoms with Crippen LogP contribution in [-0.2, 0) is 4.79 Å². The predicted molar refractivity (Wildman–Crippen MR) is 87.7 cm³/mol. The van der Waals surface area contributed by atoms with E-state index in [0.29, 0.717) is 27.0 Å². The van der Waals surface area contributed by atoms with Gasteiger partial charge in [-0.2, -0.15) is 0 Å². The van der Waals surface area contributed by atoms with Crippen LogP contribution in [0.25, 0.3) is 0 Å². The van der Waals surface area contributed by atoms with Crippen LogP contribution in [0.4, 0.5) is 5.69 Å². The van der Waals surface area contributed by atoms with Crippen molar-refractivity contribution in [3.63, 3.8) is 0 Å². The molecule has 2 aromatic carbocycles. The molecule has 0 fully saturated rings. The first-order valence-corrected chi connectivity index (χ1v) is 7.32. The number of aliphatic hydroxyl groups excluding tert-OH is 1. The molecule has 4 nitrogen and oxygen atoms in total. The molecule has 2 N–H and O–H groups in total. The number of carbonyl (C=O) groups excluding carboxylic acids is 1. The van der Waals surface area contributed by atoms with Crippen molar-refractivity contribution in [1.29, 1.82) is 0 Å². The third-order valence-electron chi connectivity index (χ3n) is 3.08. The first kappa shape index (κ1) is 16.6. The van der Waals surface area contributed by atoms with E-state index >= 15 is 0 Å². The molecule has 0 aliphatic carbocycles. The lowest BCUT2D eigenvalue weighted by Crippen LogP contribution is -2.16. The van der Waals surface area contributed by atoms with Crippen LogP contribution in [0.5, 0.6) is 5.75 Å². The summed E-state index contributed by atoms with van der Waals surface area (Å²) < 4.78 is 5.16. The number of halogens is 2. The van der Waals surface area contributed by atoms with Crippen LogP contribution in [-0.4, -0.2) is 18.1 Å². The van der Waals surface area contributed by atoms with Crippen LogP contribution in [0.3, 0.4) is 0 Å². The number of hydrogen-bond donors (Lipinski definition) is 2. The van der Waals surface area contributed by atoms with Gasteiger partial charge in [-0.3, -0.25) is 4.79 Å². The van der Waals surface area contributed by atoms with E-state index in [2.05, 4.69) is 5.32 Å². The fourth-order valence-corrected chi connectivity index (χ4v) is 2.37. The SMILES string of the molecule is COc1c(Cl)cccc1NC(=O)CC(O)c1ccc(Cl)cc1. The Morgan fingerprint density at radius 2 is 1.91 bits per heavy atom. The molecule has 0 radical (unpaired) electrons. The minimum Gasteiger partial charge on any atom is -0.493 e. The summed E-state index contributed by atoms with van der Waals surface area (Å²) in [4.78, 5) is 12.0. The molecule has 0 bridgehead atoms. The van der Waals surface area contributed by atoms with E-state index in [0.717, 1.165) is 0 Å². The lowest BCUT2D eigenvalue weighted by Gasteiger charge is -2.14. The normalized spacial score (nSPS) is 11.8. The maximum Gasteiger partial charge on any atom is 0.227 e. The fourth-order valence-electron chi connectivity index (χ4n) is 1.99. The molecule has 1 amide bonds. The maximum atomic E-state index is 12.0. The molecule has 2 rings (SSSR count). The van der Waals surface area contributed by atoms with Gasteiger partial charge in [-0.25, -0.2) is 0 Å². The molecule has 0 aromatic heterocycles. The highest BCUT2D eigenvalue weighted by atomic mass is 35.5. The Balaban J connectivity index is 2.04. The predicted octanol–water partition coefficient (Wildman–Crippen LogP) is 4.06. The van der Waals surface area contributed by atoms with Crippen molar-refractivity contribution in [2.75, 3.05) is 12.4 Å². The number of nitrogens with one attached hydrogen (secondary N) is 1. The Morgan fingerprint density at radius 3 is 2.55 bits per heavy atom. The third-order valence-corrected chi connectivity index (χ3v) is 3.63. The standard InChI is InChI=1S/C16H15Cl2NO3/c1-22-16-12(18)3-2-4-13(16)19-15(21)9-14(20)10-5-7-11(17)8-6-10/h2-8,14,20H,9H2,1H3,(H,19,21). The average Bonchev–Trinajstić information content (AvgIpc) is 2.48. The molecule has 0 saturated heterocycles. The van der Waals surface area contributed by atoms with E-state index in [1.54, 1.807) is 42.5 Å². The van der Waals surface area contributed by atoms with Gasteiger partial charge in [-0.1, -0.05) is 41.4 Å². The zero-order valence-electron chi connectivity index (χ0n) is 11.8. The van der Waals surface area contributed by atoms with Gasteiger partial charge < -0.3 is 15.2 Å². The Kier molecular flexibility index (Phi) is 5.66. The first-order chi connectivity index (χ1) is 10.5. The molecule has 1 unspecified atom stereocenters. The van der Waals surface area contributed by atoms with Crippen molar-refractivity contribution < 1.29 is 14.6 Å². The van der Waals surface area contributed by atoms with Gasteiger partial charge in [0.15, 0.2) is 5.75 Å². The van der Waals surface area contributed by atoms with Gasteiger partial charge in [0.25, 0.3) is 0 Å². The molecule has 1 atom stereocenters. The number of rotatable bonds is 5. The minimum absolute atomic E-state index is 0.0860. The molecule has 0 aliphatic heterocycles. The van der Waals surface area contributed by atoms with Crippen molar-refractivity contribution in [3.8, 4) is 5.75 Å². The largest absolute Gasteiger partial charge is 0.493 e. The molecule has 0 heterocycles. The highest BCUT2D eigenvalue weighted by molar-refractivity contribution is 6.32. The summed E-state index contributed by atoms with van der Waals surface area (Å²) in [6, 6.07) is 11.7. The van der Waals surface area contributed by atoms with Crippen LogP contribution in [0.2, 0.25) is 10.0 Å². The van der Waals surface area contributed by atoms with Gasteiger partial charge in [0, 0.05) is 5.02 Å². The average molecular weight is 340 g/mol. The molecule has 0 saturated carbocycles. The Morgan fingerprint density at radius 1 is 1.23 bits per heavy atom. The quantitative estimate of drug-likeness (QED) is 0.863. The smallest absolute Gasteiger partial charge is 0.227 e. The lowest BCUT2D eigenvalue weighted by atomic mass is 10.1. The summed E-state index contributed by atoms with van der Waals surface area (Å²) in [7, 11) is 1.47. The van der Waals surface area contributed by atoms with Crippen LogP contribution >= 0.6 is 23.2 Å². The van der Waals surface area contributed by atoms with E-state index in [1.165, 1.54) is 7.11 Å². The van der Waals surface area contributed by atoms with Crippen LogP contribution in [0.15, 0.2) is 42.5 Å². The molecule has 22 heavy (non-hydrogen) atoms. The minimum atomic E-state index is -0.914. The van der Waals surface area contributed by atoms with Crippen molar-refractivity contribution in [2.24, 2.45) is 0 Å². The molecular formula is C16H15Cl2NO3. The number of aliphatic hydroxyl groups is 1. The maximum absolute atomic E-state index is 12.0. The molecule has 0 spiro atoms. The number of hydrogen-bond acceptors (Lipinski definition) is 3. The molecular weight excluding hydrogens is 325 g/mol. The van der Waals surface area contributed by atoms with E-state index in [1.807, 2.05) is 0 Å². The number of carbonyl (C=O) groups is 1. The number of methoxy groups -OCH3 is 1. The number of ether oxygens (including phenoxy) is 1. The Hall–Kier alpha value is -1.75. The third kappa shape index (κ3) is 4.13. The number of para-hydroxylation sites is 1. The highest BCUT2D eigenvalue weighted by Gasteiger charge is 2.15. The fraction of sp³-hybridized carbons (Fsp3) is 0.188. The number of anilines is 1. The summed E-state index contributed by atoms with van der Waals surface area (Å²) in [5, 5.41) is 13.7. The second-order valence-corrected chi connectivity index (χ2v) is 5.48. The lowest BCUT2D eigenvalue weighted by molar-refractivity contribution is -0.118. The van der Waals surface area contributed by atoms with Gasteiger partial charge in [-0.05, 0) is 29.8 Å². The van der Waals surface area contributed by atoms with E-state index in [9.17, 15) is 9.90 Å². The van der Waals surface area contributed by atoms with Gasteiger partial charge >= 0.3 is 0 Å². The molecule has 0 aliphatic rings. The summed E-state index contributed by atoms with van der Waals surface area (Å²) in [5.41, 5.74) is 1.08. The molecule has 6 heteroatoms. The van der Waals surface area contributed by atoms with Gasteiger partial charge in [-0.15, -0.1) is 0 Å². The van der Waals surface area contributed by atoms with Crippen molar-refractivity contribution in [2.45, 2.75) is 12.5 Å². The van der Waals surface area contributed by atoms with Crippen LogP contribution in [0, 0.1) is 0 Å². The summed E-state index contributed by atoms with van der Waals surface area (Å²) >= 11 is 11.8. The van der Waals surface area contributed by atoms with Crippen molar-refractivity contribution >= 4 is 34.8 Å². The second kappa shape index (κ2) is 7.49. The second-order valence-electron chi connectivity index (χ2n) is 4.64. The zero-order chi connectivity index (χ0) is 16.1. The number of benzene rings is 2. The monoisotopic (exact) mass is 339 g/mol. The summed E-state index contributed by atoms with van der Waals surface area (Å²) in [6.07, 6.45) is -1.00. The van der Waals surface area contributed by atoms with E-state index in [-0.39, 0.29) is 12.3 Å². The number of amides is 1. The first-order valence-electron chi connectivity index (χ1n) is 6.57. The Bertz CT molecular complexity index is 659. The van der Waals surface area contributed by atoms with Crippen LogP contribution < -0.4 is 10.1 Å². The van der Waals surface area contributed by atoms with Gasteiger partial charge in [0.05, 0.1) is 30.3 Å². The molecule has 116 valence electrons. The van der Waals surface area contributed by atoms with E-state index < -0.39 is 6.10 Å².